The Kier molecular flexibility index (Phi) is 6.67. The fourth-order valence-electron chi connectivity index (χ4n) is 2.74. The van der Waals surface area contributed by atoms with Gasteiger partial charge in [-0.1, -0.05) is 18.2 Å². The number of nitrogens with zero attached hydrogens (tertiary/aromatic N) is 2. The van der Waals surface area contributed by atoms with E-state index in [0.717, 1.165) is 31.0 Å². The molecule has 128 valence electrons. The maximum absolute atomic E-state index is 12.3. The van der Waals surface area contributed by atoms with E-state index in [4.69, 9.17) is 0 Å². The summed E-state index contributed by atoms with van der Waals surface area (Å²) < 4.78 is 0. The third kappa shape index (κ3) is 4.75. The number of carbonyl (C=O) groups excluding carboxylic acids is 1. The first-order chi connectivity index (χ1) is 11.7. The second kappa shape index (κ2) is 8.96. The van der Waals surface area contributed by atoms with Gasteiger partial charge in [-0.3, -0.25) is 4.79 Å². The van der Waals surface area contributed by atoms with E-state index < -0.39 is 0 Å². The highest BCUT2D eigenvalue weighted by Gasteiger charge is 2.10. The summed E-state index contributed by atoms with van der Waals surface area (Å²) in [7, 11) is 0. The topological polar surface area (TPSA) is 35.6 Å². The third-order valence-electron chi connectivity index (χ3n) is 4.12. The molecule has 24 heavy (non-hydrogen) atoms. The molecule has 2 aromatic rings. The minimum atomic E-state index is -0.00343. The molecular formula is C20H27N3O. The number of rotatable bonds is 8. The molecule has 0 saturated heterocycles. The lowest BCUT2D eigenvalue weighted by atomic mass is 10.2. The minimum absolute atomic E-state index is 0.00343. The first kappa shape index (κ1) is 17.9. The van der Waals surface area contributed by atoms with Crippen LogP contribution < -0.4 is 15.1 Å². The molecule has 0 heterocycles. The zero-order valence-electron chi connectivity index (χ0n) is 14.8. The van der Waals surface area contributed by atoms with Crippen LogP contribution in [0.4, 0.5) is 17.1 Å². The molecule has 2 rings (SSSR count). The van der Waals surface area contributed by atoms with E-state index in [-0.39, 0.29) is 5.91 Å². The second-order valence-electron chi connectivity index (χ2n) is 5.62. The van der Waals surface area contributed by atoms with Gasteiger partial charge in [0.1, 0.15) is 0 Å². The van der Waals surface area contributed by atoms with Crippen LogP contribution in [0.15, 0.2) is 54.6 Å². The number of likely N-dealkylation sites (N-methyl/N-ethyl adjacent to an activating group) is 1. The summed E-state index contributed by atoms with van der Waals surface area (Å²) in [6.07, 6.45) is 0. The molecule has 0 saturated carbocycles. The predicted octanol–water partition coefficient (Wildman–Crippen LogP) is 4.00. The molecule has 4 heteroatoms. The van der Waals surface area contributed by atoms with Crippen molar-refractivity contribution in [3.63, 3.8) is 0 Å². The number of carbonyl (C=O) groups is 1. The highest BCUT2D eigenvalue weighted by molar-refractivity contribution is 5.94. The van der Waals surface area contributed by atoms with Crippen molar-refractivity contribution >= 4 is 23.0 Å². The number of hydrogen-bond donors (Lipinski definition) is 1. The van der Waals surface area contributed by atoms with Crippen molar-refractivity contribution in [2.75, 3.05) is 41.3 Å². The molecule has 0 radical (unpaired) electrons. The van der Waals surface area contributed by atoms with E-state index in [1.807, 2.05) is 42.5 Å². The van der Waals surface area contributed by atoms with E-state index in [1.165, 1.54) is 5.69 Å². The SMILES string of the molecule is CCN(CC)c1ccc(NC(=O)CN(CC)c2ccccc2)cc1. The number of anilines is 3. The Morgan fingerprint density at radius 3 is 1.88 bits per heavy atom. The van der Waals surface area contributed by atoms with Crippen molar-refractivity contribution in [2.45, 2.75) is 20.8 Å². The smallest absolute Gasteiger partial charge is 0.243 e. The molecule has 0 fully saturated rings. The molecule has 0 spiro atoms. The quantitative estimate of drug-likeness (QED) is 0.797. The number of amides is 1. The van der Waals surface area contributed by atoms with Gasteiger partial charge in [-0.2, -0.15) is 0 Å². The van der Waals surface area contributed by atoms with Crippen molar-refractivity contribution in [2.24, 2.45) is 0 Å². The maximum atomic E-state index is 12.3. The normalized spacial score (nSPS) is 10.3. The van der Waals surface area contributed by atoms with Gasteiger partial charge in [0.25, 0.3) is 0 Å². The Morgan fingerprint density at radius 2 is 1.33 bits per heavy atom. The van der Waals surface area contributed by atoms with Crippen molar-refractivity contribution in [1.82, 2.24) is 0 Å². The average Bonchev–Trinajstić information content (AvgIpc) is 2.63. The van der Waals surface area contributed by atoms with Gasteiger partial charge < -0.3 is 15.1 Å². The lowest BCUT2D eigenvalue weighted by molar-refractivity contribution is -0.115. The number of para-hydroxylation sites is 1. The molecule has 1 N–H and O–H groups in total. The number of hydrogen-bond acceptors (Lipinski definition) is 3. The molecule has 4 nitrogen and oxygen atoms in total. The van der Waals surface area contributed by atoms with E-state index >= 15 is 0 Å². The van der Waals surface area contributed by atoms with Crippen molar-refractivity contribution in [3.8, 4) is 0 Å². The molecule has 0 atom stereocenters. The maximum Gasteiger partial charge on any atom is 0.243 e. The summed E-state index contributed by atoms with van der Waals surface area (Å²) >= 11 is 0. The van der Waals surface area contributed by atoms with Crippen molar-refractivity contribution in [3.05, 3.63) is 54.6 Å². The van der Waals surface area contributed by atoms with E-state index in [1.54, 1.807) is 0 Å². The Morgan fingerprint density at radius 1 is 0.792 bits per heavy atom. The summed E-state index contributed by atoms with van der Waals surface area (Å²) in [5.74, 6) is -0.00343. The largest absolute Gasteiger partial charge is 0.372 e. The first-order valence-electron chi connectivity index (χ1n) is 8.62. The third-order valence-corrected chi connectivity index (χ3v) is 4.12. The van der Waals surface area contributed by atoms with Crippen molar-refractivity contribution in [1.29, 1.82) is 0 Å². The standard InChI is InChI=1S/C20H27N3O/c1-4-22(5-2)19-14-12-17(13-15-19)21-20(24)16-23(6-3)18-10-8-7-9-11-18/h7-15H,4-6,16H2,1-3H3,(H,21,24). The van der Waals surface area contributed by atoms with Crippen molar-refractivity contribution < 1.29 is 4.79 Å². The number of benzene rings is 2. The molecule has 0 aliphatic rings. The van der Waals surface area contributed by atoms with Crippen LogP contribution in [0.25, 0.3) is 0 Å². The Bertz CT molecular complexity index is 621. The predicted molar refractivity (Wildman–Crippen MR) is 103 cm³/mol. The average molecular weight is 325 g/mol. The molecule has 1 amide bonds. The fraction of sp³-hybridized carbons (Fsp3) is 0.350. The minimum Gasteiger partial charge on any atom is -0.372 e. The summed E-state index contributed by atoms with van der Waals surface area (Å²) in [6, 6.07) is 18.0. The van der Waals surface area contributed by atoms with Crippen LogP contribution in [0.3, 0.4) is 0 Å². The molecule has 0 aliphatic carbocycles. The highest BCUT2D eigenvalue weighted by atomic mass is 16.2. The zero-order valence-corrected chi connectivity index (χ0v) is 14.8. The van der Waals surface area contributed by atoms with Gasteiger partial charge in [0.2, 0.25) is 5.91 Å². The Labute approximate surface area is 145 Å². The van der Waals surface area contributed by atoms with E-state index in [9.17, 15) is 4.79 Å². The summed E-state index contributed by atoms with van der Waals surface area (Å²) in [5, 5.41) is 2.98. The van der Waals surface area contributed by atoms with Crippen LogP contribution in [0.2, 0.25) is 0 Å². The summed E-state index contributed by atoms with van der Waals surface area (Å²) in [5.41, 5.74) is 3.07. The fourth-order valence-corrected chi connectivity index (χ4v) is 2.74. The van der Waals surface area contributed by atoms with Gasteiger partial charge in [-0.05, 0) is 57.2 Å². The van der Waals surface area contributed by atoms with Gasteiger partial charge in [0.15, 0.2) is 0 Å². The van der Waals surface area contributed by atoms with Gasteiger partial charge in [0.05, 0.1) is 6.54 Å². The first-order valence-corrected chi connectivity index (χ1v) is 8.62. The number of nitrogens with one attached hydrogen (secondary N) is 1. The Balaban J connectivity index is 1.96. The monoisotopic (exact) mass is 325 g/mol. The molecule has 0 unspecified atom stereocenters. The van der Waals surface area contributed by atoms with E-state index in [0.29, 0.717) is 6.54 Å². The lowest BCUT2D eigenvalue weighted by Crippen LogP contribution is -2.33. The van der Waals surface area contributed by atoms with Gasteiger partial charge in [-0.25, -0.2) is 0 Å². The van der Waals surface area contributed by atoms with Crippen LogP contribution >= 0.6 is 0 Å². The highest BCUT2D eigenvalue weighted by Crippen LogP contribution is 2.18. The summed E-state index contributed by atoms with van der Waals surface area (Å²) in [6.45, 7) is 9.43. The van der Waals surface area contributed by atoms with Gasteiger partial charge >= 0.3 is 0 Å². The van der Waals surface area contributed by atoms with Crippen LogP contribution in [-0.4, -0.2) is 32.1 Å². The lowest BCUT2D eigenvalue weighted by Gasteiger charge is -2.23. The molecule has 0 aliphatic heterocycles. The molecule has 0 bridgehead atoms. The Hall–Kier alpha value is -2.49. The second-order valence-corrected chi connectivity index (χ2v) is 5.62. The van der Waals surface area contributed by atoms with Gasteiger partial charge in [0, 0.05) is 36.7 Å². The molecular weight excluding hydrogens is 298 g/mol. The molecule has 2 aromatic carbocycles. The van der Waals surface area contributed by atoms with Crippen LogP contribution in [-0.2, 0) is 4.79 Å². The molecule has 0 aromatic heterocycles. The summed E-state index contributed by atoms with van der Waals surface area (Å²) in [4.78, 5) is 16.7. The van der Waals surface area contributed by atoms with Crippen LogP contribution in [0.5, 0.6) is 0 Å². The zero-order chi connectivity index (χ0) is 17.4. The van der Waals surface area contributed by atoms with Crippen LogP contribution in [0.1, 0.15) is 20.8 Å². The van der Waals surface area contributed by atoms with E-state index in [2.05, 4.69) is 48.0 Å². The van der Waals surface area contributed by atoms with Gasteiger partial charge in [-0.15, -0.1) is 0 Å². The van der Waals surface area contributed by atoms with Crippen LogP contribution in [0, 0.1) is 0 Å².